The van der Waals surface area contributed by atoms with Crippen molar-refractivity contribution in [3.8, 4) is 0 Å². The molecular weight excluding hydrogens is 340 g/mol. The largest absolute Gasteiger partial charge is 0.447 e. The second-order valence-corrected chi connectivity index (χ2v) is 7.06. The smallest absolute Gasteiger partial charge is 0.407 e. The van der Waals surface area contributed by atoms with Crippen molar-refractivity contribution in [2.75, 3.05) is 0 Å². The van der Waals surface area contributed by atoms with Gasteiger partial charge in [0.05, 0.1) is 17.9 Å². The summed E-state index contributed by atoms with van der Waals surface area (Å²) in [4.78, 5) is 17.9. The fraction of sp³-hybridized carbons (Fsp3) is 0.364. The van der Waals surface area contributed by atoms with Gasteiger partial charge >= 0.3 is 6.09 Å². The summed E-state index contributed by atoms with van der Waals surface area (Å²) >= 11 is 0. The van der Waals surface area contributed by atoms with Crippen LogP contribution in [0.25, 0.3) is 0 Å². The van der Waals surface area contributed by atoms with Gasteiger partial charge < -0.3 is 14.9 Å². The Morgan fingerprint density at radius 3 is 2.37 bits per heavy atom. The van der Waals surface area contributed by atoms with Gasteiger partial charge in [-0.25, -0.2) is 4.79 Å². The number of carbonyl (C=O) groups excluding carboxylic acids is 1. The highest BCUT2D eigenvalue weighted by Gasteiger charge is 2.31. The molecule has 1 aliphatic rings. The number of benzene rings is 2. The lowest BCUT2D eigenvalue weighted by molar-refractivity contribution is 0.0482. The van der Waals surface area contributed by atoms with Crippen LogP contribution in [0.5, 0.6) is 0 Å². The molecule has 0 spiro atoms. The third-order valence-electron chi connectivity index (χ3n) is 4.40. The first-order chi connectivity index (χ1) is 13.1. The normalized spacial score (nSPS) is 17.1. The van der Waals surface area contributed by atoms with Crippen molar-refractivity contribution < 1.29 is 14.4 Å². The second kappa shape index (κ2) is 9.21. The minimum atomic E-state index is -0.425. The molecule has 0 saturated carbocycles. The summed E-state index contributed by atoms with van der Waals surface area (Å²) in [6, 6.07) is 20.0. The fourth-order valence-corrected chi connectivity index (χ4v) is 3.14. The predicted molar refractivity (Wildman–Crippen MR) is 106 cm³/mol. The van der Waals surface area contributed by atoms with E-state index in [4.69, 9.17) is 9.57 Å². The monoisotopic (exact) mass is 366 g/mol. The number of hydrogen-bond acceptors (Lipinski definition) is 4. The molecule has 1 N–H and O–H groups in total. The van der Waals surface area contributed by atoms with Gasteiger partial charge in [-0.2, -0.15) is 0 Å². The van der Waals surface area contributed by atoms with Crippen LogP contribution in [0.15, 0.2) is 65.8 Å². The van der Waals surface area contributed by atoms with E-state index in [1.165, 1.54) is 5.56 Å². The molecule has 0 radical (unpaired) electrons. The van der Waals surface area contributed by atoms with E-state index in [0.29, 0.717) is 12.8 Å². The zero-order valence-corrected chi connectivity index (χ0v) is 15.8. The first-order valence-corrected chi connectivity index (χ1v) is 9.36. The second-order valence-electron chi connectivity index (χ2n) is 7.06. The van der Waals surface area contributed by atoms with E-state index in [1.54, 1.807) is 0 Å². The Hall–Kier alpha value is -2.82. The maximum Gasteiger partial charge on any atom is 0.407 e. The van der Waals surface area contributed by atoms with Gasteiger partial charge in [-0.05, 0) is 31.4 Å². The van der Waals surface area contributed by atoms with Crippen molar-refractivity contribution >= 4 is 11.8 Å². The van der Waals surface area contributed by atoms with Gasteiger partial charge in [-0.15, -0.1) is 0 Å². The van der Waals surface area contributed by atoms with Crippen molar-refractivity contribution in [3.63, 3.8) is 0 Å². The molecule has 5 heteroatoms. The third-order valence-corrected chi connectivity index (χ3v) is 4.40. The van der Waals surface area contributed by atoms with Crippen LogP contribution < -0.4 is 5.32 Å². The molecular formula is C22H26N2O3. The lowest BCUT2D eigenvalue weighted by Gasteiger charge is -2.23. The molecule has 2 aromatic carbocycles. The standard InChI is InChI=1S/C22H26N2O3/c1-16(2)26-22(25)23-20(14-18-11-7-4-8-12-18)21-15-19(24-27-21)13-17-9-5-3-6-10-17/h3-12,16,20-21H,13-15H2,1-2H3,(H,23,25). The maximum absolute atomic E-state index is 12.2. The Kier molecular flexibility index (Phi) is 6.47. The van der Waals surface area contributed by atoms with Gasteiger partial charge in [0.2, 0.25) is 0 Å². The highest BCUT2D eigenvalue weighted by Crippen LogP contribution is 2.20. The van der Waals surface area contributed by atoms with Gasteiger partial charge in [-0.3, -0.25) is 0 Å². The molecule has 27 heavy (non-hydrogen) atoms. The van der Waals surface area contributed by atoms with E-state index in [1.807, 2.05) is 62.4 Å². The van der Waals surface area contributed by atoms with Crippen LogP contribution in [0.4, 0.5) is 4.79 Å². The van der Waals surface area contributed by atoms with E-state index in [2.05, 4.69) is 22.6 Å². The lowest BCUT2D eigenvalue weighted by Crippen LogP contribution is -2.45. The number of nitrogens with zero attached hydrogens (tertiary/aromatic N) is 1. The number of ether oxygens (including phenoxy) is 1. The van der Waals surface area contributed by atoms with Gasteiger partial charge in [-0.1, -0.05) is 65.8 Å². The maximum atomic E-state index is 12.2. The van der Waals surface area contributed by atoms with Crippen LogP contribution in [0.3, 0.4) is 0 Å². The highest BCUT2D eigenvalue weighted by molar-refractivity contribution is 5.87. The van der Waals surface area contributed by atoms with Gasteiger partial charge in [0.1, 0.15) is 0 Å². The Bertz CT molecular complexity index is 760. The molecule has 0 aromatic heterocycles. The zero-order chi connectivity index (χ0) is 19.1. The molecule has 1 amide bonds. The predicted octanol–water partition coefficient (Wildman–Crippen LogP) is 4.12. The van der Waals surface area contributed by atoms with Crippen LogP contribution >= 0.6 is 0 Å². The Balaban J connectivity index is 1.64. The number of carbonyl (C=O) groups is 1. The molecule has 3 rings (SSSR count). The van der Waals surface area contributed by atoms with Crippen LogP contribution in [0.2, 0.25) is 0 Å². The van der Waals surface area contributed by atoms with Crippen molar-refractivity contribution in [2.24, 2.45) is 5.16 Å². The molecule has 0 fully saturated rings. The first-order valence-electron chi connectivity index (χ1n) is 9.36. The van der Waals surface area contributed by atoms with E-state index >= 15 is 0 Å². The molecule has 1 heterocycles. The summed E-state index contributed by atoms with van der Waals surface area (Å²) in [7, 11) is 0. The van der Waals surface area contributed by atoms with Gasteiger partial charge in [0, 0.05) is 12.8 Å². The average Bonchev–Trinajstić information content (AvgIpc) is 3.11. The average molecular weight is 366 g/mol. The number of amides is 1. The summed E-state index contributed by atoms with van der Waals surface area (Å²) in [5, 5.41) is 7.23. The molecule has 2 atom stereocenters. The molecule has 5 nitrogen and oxygen atoms in total. The number of nitrogens with one attached hydrogen (secondary N) is 1. The lowest BCUT2D eigenvalue weighted by atomic mass is 9.96. The third kappa shape index (κ3) is 5.84. The zero-order valence-electron chi connectivity index (χ0n) is 15.8. The number of alkyl carbamates (subject to hydrolysis) is 1. The summed E-state index contributed by atoms with van der Waals surface area (Å²) in [6.45, 7) is 3.66. The van der Waals surface area contributed by atoms with Gasteiger partial charge in [0.25, 0.3) is 0 Å². The van der Waals surface area contributed by atoms with E-state index < -0.39 is 6.09 Å². The molecule has 2 unspecified atom stereocenters. The SMILES string of the molecule is CC(C)OC(=O)NC(Cc1ccccc1)C1CC(Cc2ccccc2)=NO1. The molecule has 142 valence electrons. The molecule has 1 aliphatic heterocycles. The van der Waals surface area contributed by atoms with E-state index in [0.717, 1.165) is 17.7 Å². The topological polar surface area (TPSA) is 59.9 Å². The minimum Gasteiger partial charge on any atom is -0.447 e. The highest BCUT2D eigenvalue weighted by atomic mass is 16.6. The molecule has 0 saturated heterocycles. The Labute approximate surface area is 160 Å². The summed E-state index contributed by atoms with van der Waals surface area (Å²) in [5.74, 6) is 0. The summed E-state index contributed by atoms with van der Waals surface area (Å²) in [6.07, 6.45) is 1.30. The molecule has 0 bridgehead atoms. The number of oxime groups is 1. The first kappa shape index (κ1) is 19.0. The van der Waals surface area contributed by atoms with E-state index in [9.17, 15) is 4.79 Å². The van der Waals surface area contributed by atoms with Crippen LogP contribution in [0.1, 0.15) is 31.4 Å². The minimum absolute atomic E-state index is 0.170. The van der Waals surface area contributed by atoms with Crippen LogP contribution in [-0.2, 0) is 22.4 Å². The number of hydrogen-bond donors (Lipinski definition) is 1. The van der Waals surface area contributed by atoms with Crippen molar-refractivity contribution in [1.82, 2.24) is 5.32 Å². The quantitative estimate of drug-likeness (QED) is 0.802. The van der Waals surface area contributed by atoms with Crippen LogP contribution in [-0.4, -0.2) is 30.1 Å². The Morgan fingerprint density at radius 1 is 1.11 bits per heavy atom. The van der Waals surface area contributed by atoms with Crippen LogP contribution in [0, 0.1) is 0 Å². The molecule has 0 aliphatic carbocycles. The Morgan fingerprint density at radius 2 is 1.74 bits per heavy atom. The molecule has 2 aromatic rings. The van der Waals surface area contributed by atoms with Crippen molar-refractivity contribution in [1.29, 1.82) is 0 Å². The number of rotatable bonds is 7. The summed E-state index contributed by atoms with van der Waals surface area (Å²) < 4.78 is 5.26. The van der Waals surface area contributed by atoms with Gasteiger partial charge in [0.15, 0.2) is 6.10 Å². The summed E-state index contributed by atoms with van der Waals surface area (Å²) in [5.41, 5.74) is 3.32. The van der Waals surface area contributed by atoms with Crippen molar-refractivity contribution in [3.05, 3.63) is 71.8 Å². The van der Waals surface area contributed by atoms with E-state index in [-0.39, 0.29) is 18.2 Å². The van der Waals surface area contributed by atoms with Crippen molar-refractivity contribution in [2.45, 2.75) is 51.4 Å². The fourth-order valence-electron chi connectivity index (χ4n) is 3.14.